The molecule has 0 atom stereocenters. The minimum Gasteiger partial charge on any atom is -0.497 e. The number of hydrogen-bond acceptors (Lipinski definition) is 8. The molecule has 0 unspecified atom stereocenters. The van der Waals surface area contributed by atoms with Crippen molar-refractivity contribution in [1.29, 1.82) is 0 Å². The number of rotatable bonds is 7. The number of amides is 1. The van der Waals surface area contributed by atoms with Crippen LogP contribution in [0.2, 0.25) is 0 Å². The van der Waals surface area contributed by atoms with Gasteiger partial charge in [0, 0.05) is 55.5 Å². The Morgan fingerprint density at radius 2 is 1.79 bits per heavy atom. The summed E-state index contributed by atoms with van der Waals surface area (Å²) in [5.74, 6) is -0.207. The Bertz CT molecular complexity index is 1210. The number of fused-ring (bicyclic) bond motifs is 1. The molecule has 11 heteroatoms. The van der Waals surface area contributed by atoms with Gasteiger partial charge in [0.15, 0.2) is 0 Å². The summed E-state index contributed by atoms with van der Waals surface area (Å²) in [4.78, 5) is 42.7. The van der Waals surface area contributed by atoms with Crippen LogP contribution in [0.15, 0.2) is 42.5 Å². The number of ether oxygens (including phenoxy) is 2. The lowest BCUT2D eigenvalue weighted by atomic mass is 10.2. The number of non-ortho nitro benzene ring substituents is 1. The van der Waals surface area contributed by atoms with E-state index in [1.165, 1.54) is 19.2 Å². The molecule has 34 heavy (non-hydrogen) atoms. The molecule has 2 aromatic carbocycles. The van der Waals surface area contributed by atoms with Gasteiger partial charge in [-0.3, -0.25) is 19.8 Å². The van der Waals surface area contributed by atoms with Crippen LogP contribution in [0.5, 0.6) is 5.75 Å². The molecule has 2 N–H and O–H groups in total. The lowest BCUT2D eigenvalue weighted by molar-refractivity contribution is -0.384. The molecule has 0 radical (unpaired) electrons. The number of nitro groups is 1. The summed E-state index contributed by atoms with van der Waals surface area (Å²) in [6.45, 7) is 2.84. The SMILES string of the molecule is COC(=O)c1[nH]c2cc(OC)ccc2c1NC(=O)CN1CCN(c2ccc([N+](=O)[O-])cc2)CC1. The van der Waals surface area contributed by atoms with E-state index in [2.05, 4.69) is 15.2 Å². The van der Waals surface area contributed by atoms with Gasteiger partial charge in [0.25, 0.3) is 5.69 Å². The second-order valence-corrected chi connectivity index (χ2v) is 7.86. The summed E-state index contributed by atoms with van der Waals surface area (Å²) in [7, 11) is 2.83. The van der Waals surface area contributed by atoms with Crippen LogP contribution in [0, 0.1) is 10.1 Å². The molecule has 2 heterocycles. The number of esters is 1. The number of H-pyrrole nitrogens is 1. The molecule has 0 aliphatic carbocycles. The highest BCUT2D eigenvalue weighted by Gasteiger charge is 2.23. The Kier molecular flexibility index (Phi) is 6.64. The summed E-state index contributed by atoms with van der Waals surface area (Å²) in [6.07, 6.45) is 0. The van der Waals surface area contributed by atoms with E-state index in [1.54, 1.807) is 37.4 Å². The maximum atomic E-state index is 12.8. The number of nitrogens with zero attached hydrogens (tertiary/aromatic N) is 3. The molecule has 1 aliphatic heterocycles. The van der Waals surface area contributed by atoms with Crippen LogP contribution in [0.1, 0.15) is 10.5 Å². The first-order valence-electron chi connectivity index (χ1n) is 10.7. The average molecular weight is 467 g/mol. The van der Waals surface area contributed by atoms with E-state index in [-0.39, 0.29) is 23.8 Å². The van der Waals surface area contributed by atoms with Crippen LogP contribution < -0.4 is 15.0 Å². The first-order chi connectivity index (χ1) is 16.4. The summed E-state index contributed by atoms with van der Waals surface area (Å²) < 4.78 is 10.1. The number of piperazine rings is 1. The van der Waals surface area contributed by atoms with Crippen molar-refractivity contribution in [3.05, 3.63) is 58.3 Å². The highest BCUT2D eigenvalue weighted by Crippen LogP contribution is 2.31. The minimum atomic E-state index is -0.581. The molecule has 1 aliphatic rings. The third kappa shape index (κ3) is 4.79. The molecule has 1 saturated heterocycles. The van der Waals surface area contributed by atoms with Gasteiger partial charge in [0.1, 0.15) is 11.4 Å². The highest BCUT2D eigenvalue weighted by molar-refractivity contribution is 6.11. The number of nitrogens with one attached hydrogen (secondary N) is 2. The van der Waals surface area contributed by atoms with Crippen molar-refractivity contribution in [2.45, 2.75) is 0 Å². The van der Waals surface area contributed by atoms with Gasteiger partial charge in [-0.15, -0.1) is 0 Å². The van der Waals surface area contributed by atoms with Crippen molar-refractivity contribution >= 4 is 39.8 Å². The van der Waals surface area contributed by atoms with E-state index in [0.29, 0.717) is 48.5 Å². The van der Waals surface area contributed by atoms with Gasteiger partial charge in [-0.2, -0.15) is 0 Å². The number of methoxy groups -OCH3 is 2. The number of carbonyl (C=O) groups is 2. The predicted octanol–water partition coefficient (Wildman–Crippen LogP) is 2.63. The van der Waals surface area contributed by atoms with Crippen LogP contribution in [0.4, 0.5) is 17.1 Å². The number of aromatic amines is 1. The Morgan fingerprint density at radius 3 is 2.41 bits per heavy atom. The Labute approximate surface area is 195 Å². The van der Waals surface area contributed by atoms with Crippen LogP contribution in [-0.2, 0) is 9.53 Å². The molecule has 3 aromatic rings. The molecule has 1 fully saturated rings. The summed E-state index contributed by atoms with van der Waals surface area (Å²) in [5, 5.41) is 14.4. The van der Waals surface area contributed by atoms with Crippen LogP contribution in [0.3, 0.4) is 0 Å². The largest absolute Gasteiger partial charge is 0.497 e. The monoisotopic (exact) mass is 467 g/mol. The maximum Gasteiger partial charge on any atom is 0.356 e. The van der Waals surface area contributed by atoms with Crippen molar-refractivity contribution in [2.75, 3.05) is 57.2 Å². The van der Waals surface area contributed by atoms with E-state index >= 15 is 0 Å². The molecule has 0 spiro atoms. The van der Waals surface area contributed by atoms with E-state index in [0.717, 1.165) is 5.69 Å². The fourth-order valence-electron chi connectivity index (χ4n) is 4.02. The van der Waals surface area contributed by atoms with Crippen molar-refractivity contribution in [2.24, 2.45) is 0 Å². The summed E-state index contributed by atoms with van der Waals surface area (Å²) in [5.41, 5.74) is 2.15. The fourth-order valence-corrected chi connectivity index (χ4v) is 4.02. The third-order valence-electron chi connectivity index (χ3n) is 5.82. The molecular formula is C23H25N5O6. The second-order valence-electron chi connectivity index (χ2n) is 7.86. The lowest BCUT2D eigenvalue weighted by Gasteiger charge is -2.35. The van der Waals surface area contributed by atoms with Gasteiger partial charge >= 0.3 is 5.97 Å². The third-order valence-corrected chi connectivity index (χ3v) is 5.82. The first-order valence-corrected chi connectivity index (χ1v) is 10.7. The van der Waals surface area contributed by atoms with E-state index < -0.39 is 10.9 Å². The normalized spacial score (nSPS) is 14.1. The number of anilines is 2. The zero-order chi connectivity index (χ0) is 24.2. The standard InChI is InChI=1S/C23H25N5O6/c1-33-17-7-8-18-19(13-17)24-22(23(30)34-2)21(18)25-20(29)14-26-9-11-27(12-10-26)15-3-5-16(6-4-15)28(31)32/h3-8,13,24H,9-12,14H2,1-2H3,(H,25,29). The Hall–Kier alpha value is -4.12. The lowest BCUT2D eigenvalue weighted by Crippen LogP contribution is -2.48. The van der Waals surface area contributed by atoms with Crippen molar-refractivity contribution in [3.63, 3.8) is 0 Å². The smallest absolute Gasteiger partial charge is 0.356 e. The Morgan fingerprint density at radius 1 is 1.09 bits per heavy atom. The van der Waals surface area contributed by atoms with Gasteiger partial charge in [-0.05, 0) is 24.3 Å². The zero-order valence-corrected chi connectivity index (χ0v) is 18.9. The van der Waals surface area contributed by atoms with Gasteiger partial charge in [-0.25, -0.2) is 4.79 Å². The van der Waals surface area contributed by atoms with E-state index in [1.807, 2.05) is 4.90 Å². The van der Waals surface area contributed by atoms with Gasteiger partial charge in [0.05, 0.1) is 36.9 Å². The quantitative estimate of drug-likeness (QED) is 0.308. The van der Waals surface area contributed by atoms with Crippen molar-refractivity contribution < 1.29 is 24.0 Å². The highest BCUT2D eigenvalue weighted by atomic mass is 16.6. The number of benzene rings is 2. The molecule has 178 valence electrons. The Balaban J connectivity index is 1.40. The molecule has 4 rings (SSSR count). The number of nitro benzene ring substituents is 1. The van der Waals surface area contributed by atoms with Crippen molar-refractivity contribution in [3.8, 4) is 5.75 Å². The molecule has 11 nitrogen and oxygen atoms in total. The first kappa shape index (κ1) is 23.1. The zero-order valence-electron chi connectivity index (χ0n) is 18.9. The van der Waals surface area contributed by atoms with E-state index in [4.69, 9.17) is 9.47 Å². The van der Waals surface area contributed by atoms with Crippen LogP contribution in [-0.4, -0.2) is 73.6 Å². The average Bonchev–Trinajstić information content (AvgIpc) is 3.21. The van der Waals surface area contributed by atoms with Crippen molar-refractivity contribution in [1.82, 2.24) is 9.88 Å². The molecule has 0 saturated carbocycles. The van der Waals surface area contributed by atoms with Gasteiger partial charge < -0.3 is 24.7 Å². The molecule has 1 amide bonds. The summed E-state index contributed by atoms with van der Waals surface area (Å²) in [6, 6.07) is 11.7. The topological polar surface area (TPSA) is 130 Å². The summed E-state index contributed by atoms with van der Waals surface area (Å²) >= 11 is 0. The van der Waals surface area contributed by atoms with Gasteiger partial charge in [-0.1, -0.05) is 0 Å². The number of aromatic nitrogens is 1. The molecule has 1 aromatic heterocycles. The molecule has 0 bridgehead atoms. The van der Waals surface area contributed by atoms with Gasteiger partial charge in [0.2, 0.25) is 5.91 Å². The number of hydrogen-bond donors (Lipinski definition) is 2. The maximum absolute atomic E-state index is 12.8. The minimum absolute atomic E-state index is 0.0566. The van der Waals surface area contributed by atoms with Crippen LogP contribution in [0.25, 0.3) is 10.9 Å². The predicted molar refractivity (Wildman–Crippen MR) is 127 cm³/mol. The van der Waals surface area contributed by atoms with Crippen LogP contribution >= 0.6 is 0 Å². The second kappa shape index (κ2) is 9.79. The fraction of sp³-hybridized carbons (Fsp3) is 0.304. The molecular weight excluding hydrogens is 442 g/mol. The number of carbonyl (C=O) groups excluding carboxylic acids is 2. The van der Waals surface area contributed by atoms with E-state index in [9.17, 15) is 19.7 Å².